The van der Waals surface area contributed by atoms with Crippen molar-refractivity contribution in [2.45, 2.75) is 34.2 Å². The maximum atomic E-state index is 11.2. The first-order valence-corrected chi connectivity index (χ1v) is 6.09. The van der Waals surface area contributed by atoms with Crippen molar-refractivity contribution in [3.8, 4) is 0 Å². The van der Waals surface area contributed by atoms with Crippen LogP contribution in [0.3, 0.4) is 0 Å². The zero-order valence-corrected chi connectivity index (χ0v) is 11.5. The summed E-state index contributed by atoms with van der Waals surface area (Å²) in [5.74, 6) is 0.410. The molecule has 0 atom stereocenters. The predicted octanol–water partition coefficient (Wildman–Crippen LogP) is 2.41. The number of hydrogen-bond donors (Lipinski definition) is 1. The van der Waals surface area contributed by atoms with E-state index in [4.69, 9.17) is 0 Å². The first-order valence-electron chi connectivity index (χ1n) is 6.09. The molecule has 0 aromatic carbocycles. The molecule has 0 saturated heterocycles. The molecule has 7 nitrogen and oxygen atoms in total. The van der Waals surface area contributed by atoms with E-state index in [2.05, 4.69) is 10.5 Å². The second kappa shape index (κ2) is 4.75. The van der Waals surface area contributed by atoms with E-state index in [0.29, 0.717) is 18.1 Å². The van der Waals surface area contributed by atoms with Crippen molar-refractivity contribution in [3.63, 3.8) is 0 Å². The summed E-state index contributed by atoms with van der Waals surface area (Å²) in [5, 5.41) is 15.4. The van der Waals surface area contributed by atoms with Gasteiger partial charge in [0.15, 0.2) is 0 Å². The van der Waals surface area contributed by atoms with Crippen LogP contribution in [0, 0.1) is 30.9 Å². The molecule has 7 heteroatoms. The van der Waals surface area contributed by atoms with E-state index in [1.165, 1.54) is 0 Å². The highest BCUT2D eigenvalue weighted by Crippen LogP contribution is 2.28. The molecule has 0 aliphatic carbocycles. The first kappa shape index (κ1) is 13.1. The topological polar surface area (TPSA) is 77.9 Å². The molecule has 102 valence electrons. The molecule has 0 aliphatic rings. The van der Waals surface area contributed by atoms with Gasteiger partial charge in [0.05, 0.1) is 4.92 Å². The lowest BCUT2D eigenvalue weighted by atomic mass is 10.4. The van der Waals surface area contributed by atoms with E-state index in [1.807, 2.05) is 37.6 Å². The van der Waals surface area contributed by atoms with Gasteiger partial charge in [0.25, 0.3) is 0 Å². The number of aromatic nitrogens is 3. The molecule has 0 aliphatic heterocycles. The lowest BCUT2D eigenvalue weighted by molar-refractivity contribution is -0.384. The molecule has 0 radical (unpaired) electrons. The van der Waals surface area contributed by atoms with Crippen LogP contribution in [-0.2, 0) is 6.54 Å². The number of hydrogen-bond acceptors (Lipinski definition) is 4. The Hall–Kier alpha value is -2.31. The fourth-order valence-corrected chi connectivity index (χ4v) is 2.08. The molecule has 2 aromatic heterocycles. The molecule has 0 spiro atoms. The third kappa shape index (κ3) is 2.18. The smallest absolute Gasteiger partial charge is 0.272 e. The Labute approximate surface area is 111 Å². The molecule has 2 rings (SSSR count). The summed E-state index contributed by atoms with van der Waals surface area (Å²) < 4.78 is 3.42. The average molecular weight is 263 g/mol. The van der Waals surface area contributed by atoms with E-state index in [1.54, 1.807) is 11.6 Å². The Bertz CT molecular complexity index is 607. The summed E-state index contributed by atoms with van der Waals surface area (Å²) in [6.45, 7) is 7.98. The number of anilines is 1. The van der Waals surface area contributed by atoms with Crippen LogP contribution in [0.15, 0.2) is 12.1 Å². The Kier molecular flexibility index (Phi) is 3.28. The molecule has 0 saturated carbocycles. The van der Waals surface area contributed by atoms with Crippen molar-refractivity contribution >= 4 is 11.5 Å². The highest BCUT2D eigenvalue weighted by molar-refractivity contribution is 5.59. The Morgan fingerprint density at radius 3 is 2.37 bits per heavy atom. The molecule has 0 unspecified atom stereocenters. The van der Waals surface area contributed by atoms with E-state index in [-0.39, 0.29) is 5.69 Å². The van der Waals surface area contributed by atoms with Crippen LogP contribution >= 0.6 is 0 Å². The van der Waals surface area contributed by atoms with Crippen molar-refractivity contribution in [3.05, 3.63) is 39.3 Å². The van der Waals surface area contributed by atoms with Gasteiger partial charge < -0.3 is 0 Å². The van der Waals surface area contributed by atoms with Gasteiger partial charge in [-0.3, -0.25) is 20.2 Å². The Morgan fingerprint density at radius 2 is 1.89 bits per heavy atom. The number of nitro groups is 1. The molecule has 2 heterocycles. The third-order valence-corrected chi connectivity index (χ3v) is 3.07. The van der Waals surface area contributed by atoms with Gasteiger partial charge in [-0.05, 0) is 39.8 Å². The molecular weight excluding hydrogens is 246 g/mol. The van der Waals surface area contributed by atoms with Crippen molar-refractivity contribution in [2.24, 2.45) is 0 Å². The van der Waals surface area contributed by atoms with Crippen LogP contribution in [0.25, 0.3) is 0 Å². The molecule has 2 aromatic rings. The van der Waals surface area contributed by atoms with Gasteiger partial charge in [-0.2, -0.15) is 5.10 Å². The van der Waals surface area contributed by atoms with Crippen molar-refractivity contribution in [2.75, 3.05) is 5.43 Å². The van der Waals surface area contributed by atoms with Crippen LogP contribution in [0.5, 0.6) is 0 Å². The van der Waals surface area contributed by atoms with Gasteiger partial charge in [-0.25, -0.2) is 4.68 Å². The van der Waals surface area contributed by atoms with Crippen LogP contribution in [0.1, 0.15) is 24.0 Å². The minimum atomic E-state index is -0.398. The number of aryl methyl sites for hydroxylation is 4. The normalized spacial score (nSPS) is 10.7. The third-order valence-electron chi connectivity index (χ3n) is 3.07. The number of nitrogens with one attached hydrogen (secondary N) is 1. The SMILES string of the molecule is CCn1nc(C)c([N+](=O)[O-])c1Nn1c(C)ccc1C. The quantitative estimate of drug-likeness (QED) is 0.678. The summed E-state index contributed by atoms with van der Waals surface area (Å²) >= 11 is 0. The van der Waals surface area contributed by atoms with Gasteiger partial charge in [-0.1, -0.05) is 0 Å². The van der Waals surface area contributed by atoms with Crippen LogP contribution < -0.4 is 5.43 Å². The second-order valence-corrected chi connectivity index (χ2v) is 4.42. The van der Waals surface area contributed by atoms with Crippen molar-refractivity contribution in [1.82, 2.24) is 14.5 Å². The molecular formula is C12H17N5O2. The van der Waals surface area contributed by atoms with E-state index < -0.39 is 4.92 Å². The van der Waals surface area contributed by atoms with Gasteiger partial charge in [0, 0.05) is 17.9 Å². The van der Waals surface area contributed by atoms with Crippen LogP contribution in [0.2, 0.25) is 0 Å². The molecule has 0 bridgehead atoms. The number of nitrogens with zero attached hydrogens (tertiary/aromatic N) is 4. The minimum absolute atomic E-state index is 0.0225. The standard InChI is InChI=1S/C12H17N5O2/c1-5-15-12(11(17(18)19)10(4)13-15)14-16-8(2)6-7-9(16)3/h6-7,14H,5H2,1-4H3. The summed E-state index contributed by atoms with van der Waals surface area (Å²) in [5.41, 5.74) is 5.48. The fourth-order valence-electron chi connectivity index (χ4n) is 2.08. The van der Waals surface area contributed by atoms with E-state index in [9.17, 15) is 10.1 Å². The van der Waals surface area contributed by atoms with Gasteiger partial charge >= 0.3 is 5.69 Å². The minimum Gasteiger partial charge on any atom is -0.272 e. The van der Waals surface area contributed by atoms with E-state index in [0.717, 1.165) is 11.4 Å². The first-order chi connectivity index (χ1) is 8.95. The van der Waals surface area contributed by atoms with Gasteiger partial charge in [0.1, 0.15) is 5.69 Å². The molecule has 1 N–H and O–H groups in total. The summed E-state index contributed by atoms with van der Waals surface area (Å²) in [4.78, 5) is 10.8. The maximum absolute atomic E-state index is 11.2. The highest BCUT2D eigenvalue weighted by Gasteiger charge is 2.25. The summed E-state index contributed by atoms with van der Waals surface area (Å²) in [6, 6.07) is 3.90. The van der Waals surface area contributed by atoms with Gasteiger partial charge in [0.2, 0.25) is 5.82 Å². The summed E-state index contributed by atoms with van der Waals surface area (Å²) in [6.07, 6.45) is 0. The zero-order valence-electron chi connectivity index (χ0n) is 11.5. The maximum Gasteiger partial charge on any atom is 0.335 e. The van der Waals surface area contributed by atoms with Crippen LogP contribution in [0.4, 0.5) is 11.5 Å². The Balaban J connectivity index is 2.53. The highest BCUT2D eigenvalue weighted by atomic mass is 16.6. The molecule has 19 heavy (non-hydrogen) atoms. The largest absolute Gasteiger partial charge is 0.335 e. The lowest BCUT2D eigenvalue weighted by Gasteiger charge is -2.12. The van der Waals surface area contributed by atoms with Crippen LogP contribution in [-0.4, -0.2) is 19.4 Å². The van der Waals surface area contributed by atoms with Crippen molar-refractivity contribution in [1.29, 1.82) is 0 Å². The fraction of sp³-hybridized carbons (Fsp3) is 0.417. The summed E-state index contributed by atoms with van der Waals surface area (Å²) in [7, 11) is 0. The zero-order chi connectivity index (χ0) is 14.2. The predicted molar refractivity (Wildman–Crippen MR) is 72.2 cm³/mol. The number of rotatable bonds is 4. The average Bonchev–Trinajstić information content (AvgIpc) is 2.83. The second-order valence-electron chi connectivity index (χ2n) is 4.42. The molecule has 0 fully saturated rings. The molecule has 0 amide bonds. The van der Waals surface area contributed by atoms with Gasteiger partial charge in [-0.15, -0.1) is 0 Å². The van der Waals surface area contributed by atoms with Crippen molar-refractivity contribution < 1.29 is 4.92 Å². The monoisotopic (exact) mass is 263 g/mol. The lowest BCUT2D eigenvalue weighted by Crippen LogP contribution is -2.16. The Morgan fingerprint density at radius 1 is 1.32 bits per heavy atom. The van der Waals surface area contributed by atoms with E-state index >= 15 is 0 Å².